The molecule has 2 aromatic carbocycles. The van der Waals surface area contributed by atoms with E-state index in [1.165, 1.54) is 0 Å². The second kappa shape index (κ2) is 4.47. The lowest BCUT2D eigenvalue weighted by atomic mass is 10.0. The second-order valence-electron chi connectivity index (χ2n) is 3.26. The zero-order chi connectivity index (χ0) is 11.7. The average molecular weight is 342 g/mol. The third-order valence-electron chi connectivity index (χ3n) is 2.38. The summed E-state index contributed by atoms with van der Waals surface area (Å²) in [5.41, 5.74) is 1.13. The molecule has 2 nitrogen and oxygen atoms in total. The molecule has 0 atom stereocenters. The zero-order valence-corrected chi connectivity index (χ0v) is 11.2. The molecule has 16 heavy (non-hydrogen) atoms. The van der Waals surface area contributed by atoms with Crippen LogP contribution in [0.1, 0.15) is 20.7 Å². The van der Waals surface area contributed by atoms with E-state index in [4.69, 9.17) is 0 Å². The molecule has 0 saturated heterocycles. The largest absolute Gasteiger partial charge is 0.298 e. The molecule has 2 aromatic rings. The van der Waals surface area contributed by atoms with Crippen LogP contribution in [0.15, 0.2) is 33.2 Å². The van der Waals surface area contributed by atoms with Crippen molar-refractivity contribution in [3.8, 4) is 0 Å². The van der Waals surface area contributed by atoms with Crippen LogP contribution in [0, 0.1) is 0 Å². The molecule has 0 aliphatic heterocycles. The zero-order valence-electron chi connectivity index (χ0n) is 8.04. The van der Waals surface area contributed by atoms with Crippen molar-refractivity contribution in [2.24, 2.45) is 0 Å². The smallest absolute Gasteiger partial charge is 0.150 e. The highest BCUT2D eigenvalue weighted by atomic mass is 79.9. The van der Waals surface area contributed by atoms with E-state index < -0.39 is 0 Å². The summed E-state index contributed by atoms with van der Waals surface area (Å²) in [6, 6.07) is 6.98. The summed E-state index contributed by atoms with van der Waals surface area (Å²) in [4.78, 5) is 21.9. The molecule has 0 spiro atoms. The van der Waals surface area contributed by atoms with E-state index in [-0.39, 0.29) is 0 Å². The highest BCUT2D eigenvalue weighted by molar-refractivity contribution is 9.11. The Balaban J connectivity index is 3.06. The Hall–Kier alpha value is -1.00. The fraction of sp³-hybridized carbons (Fsp3) is 0. The number of hydrogen-bond donors (Lipinski definition) is 0. The Labute approximate surface area is 109 Å². The lowest BCUT2D eigenvalue weighted by molar-refractivity contribution is 0.111. The van der Waals surface area contributed by atoms with Gasteiger partial charge in [-0.2, -0.15) is 0 Å². The van der Waals surface area contributed by atoms with Gasteiger partial charge in [0.25, 0.3) is 0 Å². The quantitative estimate of drug-likeness (QED) is 0.774. The van der Waals surface area contributed by atoms with Gasteiger partial charge in [-0.1, -0.05) is 31.9 Å². The van der Waals surface area contributed by atoms with Crippen LogP contribution in [-0.2, 0) is 0 Å². The first-order chi connectivity index (χ1) is 7.69. The minimum atomic E-state index is 0.564. The predicted octanol–water partition coefficient (Wildman–Crippen LogP) is 3.99. The van der Waals surface area contributed by atoms with Gasteiger partial charge in [-0.3, -0.25) is 9.59 Å². The fourth-order valence-electron chi connectivity index (χ4n) is 1.66. The second-order valence-corrected chi connectivity index (χ2v) is 4.97. The van der Waals surface area contributed by atoms with Gasteiger partial charge in [-0.15, -0.1) is 0 Å². The van der Waals surface area contributed by atoms with Crippen LogP contribution in [0.3, 0.4) is 0 Å². The number of halogens is 2. The third kappa shape index (κ3) is 1.72. The number of aldehydes is 2. The molecule has 0 saturated carbocycles. The summed E-state index contributed by atoms with van der Waals surface area (Å²) in [6.07, 6.45) is 1.57. The van der Waals surface area contributed by atoms with Crippen LogP contribution in [0.4, 0.5) is 0 Å². The van der Waals surface area contributed by atoms with Crippen molar-refractivity contribution in [2.45, 2.75) is 0 Å². The molecule has 80 valence electrons. The molecule has 4 heteroatoms. The van der Waals surface area contributed by atoms with E-state index in [0.717, 1.165) is 32.3 Å². The molecule has 0 aromatic heterocycles. The van der Waals surface area contributed by atoms with Gasteiger partial charge < -0.3 is 0 Å². The first kappa shape index (κ1) is 11.5. The van der Waals surface area contributed by atoms with Gasteiger partial charge in [0, 0.05) is 30.8 Å². The molecule has 0 aliphatic rings. The molecule has 0 heterocycles. The summed E-state index contributed by atoms with van der Waals surface area (Å²) in [6.45, 7) is 0. The SMILES string of the molecule is O=Cc1ccc(Br)c2c(C=O)ccc(Br)c12. The summed E-state index contributed by atoms with van der Waals surface area (Å²) in [5.74, 6) is 0. The van der Waals surface area contributed by atoms with E-state index in [2.05, 4.69) is 31.9 Å². The normalized spacial score (nSPS) is 10.4. The van der Waals surface area contributed by atoms with Crippen molar-refractivity contribution in [1.82, 2.24) is 0 Å². The van der Waals surface area contributed by atoms with Crippen LogP contribution in [-0.4, -0.2) is 12.6 Å². The predicted molar refractivity (Wildman–Crippen MR) is 70.1 cm³/mol. The van der Waals surface area contributed by atoms with Crippen molar-refractivity contribution in [1.29, 1.82) is 0 Å². The van der Waals surface area contributed by atoms with Crippen molar-refractivity contribution in [2.75, 3.05) is 0 Å². The topological polar surface area (TPSA) is 34.1 Å². The van der Waals surface area contributed by atoms with Gasteiger partial charge in [0.05, 0.1) is 0 Å². The van der Waals surface area contributed by atoms with Crippen molar-refractivity contribution in [3.05, 3.63) is 44.3 Å². The maximum absolute atomic E-state index is 11.0. The van der Waals surface area contributed by atoms with Gasteiger partial charge in [0.1, 0.15) is 0 Å². The maximum atomic E-state index is 11.0. The first-order valence-electron chi connectivity index (χ1n) is 4.50. The number of benzene rings is 2. The molecule has 0 bridgehead atoms. The highest BCUT2D eigenvalue weighted by Crippen LogP contribution is 2.33. The number of carbonyl (C=O) groups excluding carboxylic acids is 2. The van der Waals surface area contributed by atoms with Crippen LogP contribution < -0.4 is 0 Å². The minimum Gasteiger partial charge on any atom is -0.298 e. The van der Waals surface area contributed by atoms with Crippen LogP contribution >= 0.6 is 31.9 Å². The molecular formula is C12H6Br2O2. The molecular weight excluding hydrogens is 336 g/mol. The van der Waals surface area contributed by atoms with Crippen LogP contribution in [0.25, 0.3) is 10.8 Å². The molecule has 0 N–H and O–H groups in total. The molecule has 0 amide bonds. The van der Waals surface area contributed by atoms with Crippen molar-refractivity contribution in [3.63, 3.8) is 0 Å². The van der Waals surface area contributed by atoms with Gasteiger partial charge in [-0.05, 0) is 24.3 Å². The maximum Gasteiger partial charge on any atom is 0.150 e. The van der Waals surface area contributed by atoms with Gasteiger partial charge in [0.2, 0.25) is 0 Å². The molecule has 2 rings (SSSR count). The van der Waals surface area contributed by atoms with Gasteiger partial charge in [0.15, 0.2) is 12.6 Å². The Bertz CT molecular complexity index is 538. The van der Waals surface area contributed by atoms with Crippen molar-refractivity contribution < 1.29 is 9.59 Å². The Morgan fingerprint density at radius 3 is 1.44 bits per heavy atom. The number of carbonyl (C=O) groups is 2. The van der Waals surface area contributed by atoms with E-state index in [0.29, 0.717) is 11.1 Å². The highest BCUT2D eigenvalue weighted by Gasteiger charge is 2.11. The summed E-state index contributed by atoms with van der Waals surface area (Å²) in [5, 5.41) is 1.52. The summed E-state index contributed by atoms with van der Waals surface area (Å²) < 4.78 is 1.60. The molecule has 0 fully saturated rings. The average Bonchev–Trinajstić information content (AvgIpc) is 2.31. The summed E-state index contributed by atoms with van der Waals surface area (Å²) in [7, 11) is 0. The van der Waals surface area contributed by atoms with Crippen LogP contribution in [0.5, 0.6) is 0 Å². The number of rotatable bonds is 2. The number of hydrogen-bond acceptors (Lipinski definition) is 2. The van der Waals surface area contributed by atoms with E-state index in [9.17, 15) is 9.59 Å². The first-order valence-corrected chi connectivity index (χ1v) is 6.08. The lowest BCUT2D eigenvalue weighted by Crippen LogP contribution is -1.91. The monoisotopic (exact) mass is 340 g/mol. The molecule has 0 radical (unpaired) electrons. The Kier molecular flexibility index (Phi) is 3.21. The van der Waals surface area contributed by atoms with Gasteiger partial charge in [-0.25, -0.2) is 0 Å². The van der Waals surface area contributed by atoms with E-state index in [1.54, 1.807) is 24.3 Å². The van der Waals surface area contributed by atoms with E-state index >= 15 is 0 Å². The minimum absolute atomic E-state index is 0.564. The third-order valence-corrected chi connectivity index (χ3v) is 3.70. The van der Waals surface area contributed by atoms with Crippen molar-refractivity contribution >= 4 is 55.2 Å². The molecule has 0 aliphatic carbocycles. The van der Waals surface area contributed by atoms with Crippen LogP contribution in [0.2, 0.25) is 0 Å². The van der Waals surface area contributed by atoms with E-state index in [1.807, 2.05) is 0 Å². The van der Waals surface area contributed by atoms with Gasteiger partial charge >= 0.3 is 0 Å². The standard InChI is InChI=1S/C12H6Br2O2/c13-9-3-1-7(5-15)11-10(14)4-2-8(6-16)12(9)11/h1-6H. The number of fused-ring (bicyclic) bond motifs is 1. The Morgan fingerprint density at radius 1 is 0.750 bits per heavy atom. The molecule has 0 unspecified atom stereocenters. The lowest BCUT2D eigenvalue weighted by Gasteiger charge is -2.08. The summed E-state index contributed by atoms with van der Waals surface area (Å²) >= 11 is 6.78. The fourth-order valence-corrected chi connectivity index (χ4v) is 2.78. The Morgan fingerprint density at radius 2 is 1.12 bits per heavy atom.